The van der Waals surface area contributed by atoms with Gasteiger partial charge in [-0.2, -0.15) is 5.10 Å². The lowest BCUT2D eigenvalue weighted by Crippen LogP contribution is -2.00. The molecule has 0 aliphatic heterocycles. The van der Waals surface area contributed by atoms with E-state index in [-0.39, 0.29) is 5.69 Å². The van der Waals surface area contributed by atoms with Gasteiger partial charge in [0.1, 0.15) is 5.75 Å². The summed E-state index contributed by atoms with van der Waals surface area (Å²) in [7, 11) is 1.64. The van der Waals surface area contributed by atoms with E-state index in [1.165, 1.54) is 12.1 Å². The number of para-hydroxylation sites is 1. The number of ether oxygens (including phenoxy) is 1. The molecule has 0 N–H and O–H groups in total. The normalized spacial score (nSPS) is 10.7. The van der Waals surface area contributed by atoms with Crippen molar-refractivity contribution in [2.45, 2.75) is 20.4 Å². The van der Waals surface area contributed by atoms with E-state index in [0.29, 0.717) is 6.54 Å². The summed E-state index contributed by atoms with van der Waals surface area (Å²) in [5.41, 5.74) is 4.71. The molecule has 0 radical (unpaired) electrons. The molecule has 0 spiro atoms. The van der Waals surface area contributed by atoms with E-state index >= 15 is 0 Å². The summed E-state index contributed by atoms with van der Waals surface area (Å²) in [6.45, 7) is 4.68. The Morgan fingerprint density at radius 2 is 1.84 bits per heavy atom. The van der Waals surface area contributed by atoms with Crippen LogP contribution in [0.2, 0.25) is 0 Å². The lowest BCUT2D eigenvalue weighted by Gasteiger charge is -2.12. The zero-order valence-corrected chi connectivity index (χ0v) is 14.4. The van der Waals surface area contributed by atoms with Crippen molar-refractivity contribution < 1.29 is 9.66 Å². The van der Waals surface area contributed by atoms with Gasteiger partial charge in [0.25, 0.3) is 5.69 Å². The number of rotatable bonds is 5. The number of non-ortho nitro benzene ring substituents is 1. The highest BCUT2D eigenvalue weighted by Crippen LogP contribution is 2.39. The highest BCUT2D eigenvalue weighted by molar-refractivity contribution is 5.86. The third-order valence-corrected chi connectivity index (χ3v) is 4.15. The average Bonchev–Trinajstić information content (AvgIpc) is 2.97. The van der Waals surface area contributed by atoms with Crippen LogP contribution in [-0.4, -0.2) is 21.8 Å². The molecule has 0 amide bonds. The predicted octanol–water partition coefficient (Wildman–Crippen LogP) is 4.46. The van der Waals surface area contributed by atoms with Crippen LogP contribution in [0, 0.1) is 17.0 Å². The van der Waals surface area contributed by atoms with Crippen LogP contribution >= 0.6 is 0 Å². The molecule has 0 bridgehead atoms. The first-order valence-corrected chi connectivity index (χ1v) is 8.02. The van der Waals surface area contributed by atoms with Crippen molar-refractivity contribution in [1.82, 2.24) is 9.78 Å². The van der Waals surface area contributed by atoms with Gasteiger partial charge in [0.15, 0.2) is 0 Å². The van der Waals surface area contributed by atoms with Crippen LogP contribution in [0.3, 0.4) is 0 Å². The topological polar surface area (TPSA) is 70.2 Å². The van der Waals surface area contributed by atoms with E-state index in [4.69, 9.17) is 4.74 Å². The minimum absolute atomic E-state index is 0.0712. The van der Waals surface area contributed by atoms with E-state index in [1.807, 2.05) is 42.8 Å². The molecule has 3 aromatic rings. The maximum absolute atomic E-state index is 10.9. The van der Waals surface area contributed by atoms with Crippen molar-refractivity contribution in [2.24, 2.45) is 0 Å². The minimum Gasteiger partial charge on any atom is -0.496 e. The number of hydrogen-bond donors (Lipinski definition) is 0. The number of methoxy groups -OCH3 is 1. The number of aromatic nitrogens is 2. The standard InChI is InChI=1S/C19H19N3O3/c1-4-21-19(14-9-11-15(12-10-14)22(23)24)18(13(2)20-21)16-7-5-6-8-17(16)25-3/h5-12H,4H2,1-3H3. The molecular weight excluding hydrogens is 318 g/mol. The van der Waals surface area contributed by atoms with Crippen LogP contribution in [0.4, 0.5) is 5.69 Å². The van der Waals surface area contributed by atoms with Crippen molar-refractivity contribution in [1.29, 1.82) is 0 Å². The molecule has 1 aromatic heterocycles. The van der Waals surface area contributed by atoms with Crippen LogP contribution in [0.5, 0.6) is 5.75 Å². The first kappa shape index (κ1) is 16.7. The molecule has 0 fully saturated rings. The number of nitro groups is 1. The van der Waals surface area contributed by atoms with Crippen LogP contribution in [-0.2, 0) is 6.54 Å². The summed E-state index contributed by atoms with van der Waals surface area (Å²) in [6.07, 6.45) is 0. The molecule has 0 aliphatic rings. The van der Waals surface area contributed by atoms with Crippen LogP contribution < -0.4 is 4.74 Å². The van der Waals surface area contributed by atoms with Gasteiger partial charge in [0.05, 0.1) is 23.4 Å². The van der Waals surface area contributed by atoms with Crippen LogP contribution in [0.1, 0.15) is 12.6 Å². The lowest BCUT2D eigenvalue weighted by molar-refractivity contribution is -0.384. The SMILES string of the molecule is CCn1nc(C)c(-c2ccccc2OC)c1-c1ccc([N+](=O)[O-])cc1. The van der Waals surface area contributed by atoms with Gasteiger partial charge in [-0.15, -0.1) is 0 Å². The Morgan fingerprint density at radius 3 is 2.44 bits per heavy atom. The number of nitrogens with zero attached hydrogens (tertiary/aromatic N) is 3. The third kappa shape index (κ3) is 2.98. The van der Waals surface area contributed by atoms with Crippen molar-refractivity contribution in [2.75, 3.05) is 7.11 Å². The predicted molar refractivity (Wildman–Crippen MR) is 96.7 cm³/mol. The summed E-state index contributed by atoms with van der Waals surface area (Å²) < 4.78 is 7.43. The fourth-order valence-corrected chi connectivity index (χ4v) is 3.02. The molecule has 1 heterocycles. The van der Waals surface area contributed by atoms with E-state index < -0.39 is 4.92 Å². The molecule has 3 rings (SSSR count). The van der Waals surface area contributed by atoms with Crippen molar-refractivity contribution >= 4 is 5.69 Å². The molecule has 0 saturated heterocycles. The number of nitro benzene ring substituents is 1. The second-order valence-corrected chi connectivity index (χ2v) is 5.63. The van der Waals surface area contributed by atoms with Gasteiger partial charge in [-0.1, -0.05) is 18.2 Å². The molecule has 0 aliphatic carbocycles. The Hall–Kier alpha value is -3.15. The first-order valence-electron chi connectivity index (χ1n) is 8.02. The summed E-state index contributed by atoms with van der Waals surface area (Å²) in [4.78, 5) is 10.5. The largest absolute Gasteiger partial charge is 0.496 e. The fraction of sp³-hybridized carbons (Fsp3) is 0.211. The van der Waals surface area contributed by atoms with Gasteiger partial charge < -0.3 is 4.74 Å². The second-order valence-electron chi connectivity index (χ2n) is 5.63. The molecule has 25 heavy (non-hydrogen) atoms. The first-order chi connectivity index (χ1) is 12.1. The van der Waals surface area contributed by atoms with Crippen molar-refractivity contribution in [3.63, 3.8) is 0 Å². The molecule has 6 nitrogen and oxygen atoms in total. The van der Waals surface area contributed by atoms with Gasteiger partial charge in [-0.05, 0) is 32.0 Å². The average molecular weight is 337 g/mol. The van der Waals surface area contributed by atoms with E-state index in [0.717, 1.165) is 33.8 Å². The van der Waals surface area contributed by atoms with Gasteiger partial charge in [-0.3, -0.25) is 14.8 Å². The maximum Gasteiger partial charge on any atom is 0.269 e. The zero-order chi connectivity index (χ0) is 18.0. The molecule has 2 aromatic carbocycles. The highest BCUT2D eigenvalue weighted by atomic mass is 16.6. The van der Waals surface area contributed by atoms with Gasteiger partial charge in [-0.25, -0.2) is 0 Å². The quantitative estimate of drug-likeness (QED) is 0.509. The van der Waals surface area contributed by atoms with E-state index in [2.05, 4.69) is 5.10 Å². The Kier molecular flexibility index (Phi) is 4.52. The van der Waals surface area contributed by atoms with Crippen LogP contribution in [0.15, 0.2) is 48.5 Å². The number of hydrogen-bond acceptors (Lipinski definition) is 4. The van der Waals surface area contributed by atoms with Gasteiger partial charge in [0, 0.05) is 35.4 Å². The van der Waals surface area contributed by atoms with Crippen LogP contribution in [0.25, 0.3) is 22.4 Å². The van der Waals surface area contributed by atoms with E-state index in [9.17, 15) is 10.1 Å². The molecule has 128 valence electrons. The summed E-state index contributed by atoms with van der Waals surface area (Å²) >= 11 is 0. The Balaban J connectivity index is 2.24. The molecule has 0 atom stereocenters. The highest BCUT2D eigenvalue weighted by Gasteiger charge is 2.21. The molecule has 0 unspecified atom stereocenters. The smallest absolute Gasteiger partial charge is 0.269 e. The molecule has 6 heteroatoms. The monoisotopic (exact) mass is 337 g/mol. The summed E-state index contributed by atoms with van der Waals surface area (Å²) in [5, 5.41) is 15.6. The Labute approximate surface area is 145 Å². The Morgan fingerprint density at radius 1 is 1.16 bits per heavy atom. The van der Waals surface area contributed by atoms with Gasteiger partial charge in [0.2, 0.25) is 0 Å². The third-order valence-electron chi connectivity index (χ3n) is 4.15. The summed E-state index contributed by atoms with van der Waals surface area (Å²) in [6, 6.07) is 14.4. The maximum atomic E-state index is 10.9. The van der Waals surface area contributed by atoms with Crippen molar-refractivity contribution in [3.8, 4) is 28.1 Å². The number of aryl methyl sites for hydroxylation is 2. The zero-order valence-electron chi connectivity index (χ0n) is 14.4. The molecular formula is C19H19N3O3. The Bertz CT molecular complexity index is 914. The number of benzene rings is 2. The summed E-state index contributed by atoms with van der Waals surface area (Å²) in [5.74, 6) is 0.768. The second kappa shape index (κ2) is 6.76. The van der Waals surface area contributed by atoms with E-state index in [1.54, 1.807) is 19.2 Å². The fourth-order valence-electron chi connectivity index (χ4n) is 3.02. The minimum atomic E-state index is -0.396. The van der Waals surface area contributed by atoms with Crippen molar-refractivity contribution in [3.05, 3.63) is 64.3 Å². The molecule has 0 saturated carbocycles. The van der Waals surface area contributed by atoms with Gasteiger partial charge >= 0.3 is 0 Å². The lowest BCUT2D eigenvalue weighted by atomic mass is 9.98.